The van der Waals surface area contributed by atoms with E-state index in [-0.39, 0.29) is 6.10 Å². The van der Waals surface area contributed by atoms with Gasteiger partial charge in [-0.1, -0.05) is 6.07 Å². The van der Waals surface area contributed by atoms with E-state index < -0.39 is 0 Å². The van der Waals surface area contributed by atoms with Crippen molar-refractivity contribution in [2.75, 3.05) is 37.5 Å². The van der Waals surface area contributed by atoms with E-state index in [9.17, 15) is 5.11 Å². The van der Waals surface area contributed by atoms with Crippen LogP contribution in [0.1, 0.15) is 18.4 Å². The van der Waals surface area contributed by atoms with Gasteiger partial charge in [0.05, 0.1) is 20.3 Å². The summed E-state index contributed by atoms with van der Waals surface area (Å²) in [6.07, 6.45) is 3.28. The SMILES string of the molecule is COc1ccc(CNc2nccc(N3CCCC(O)C3)n2)cc1OC. The number of aliphatic hydroxyl groups excluding tert-OH is 1. The monoisotopic (exact) mass is 344 g/mol. The Bertz CT molecular complexity index is 710. The number of piperidine rings is 1. The number of ether oxygens (including phenoxy) is 2. The van der Waals surface area contributed by atoms with Crippen molar-refractivity contribution in [3.8, 4) is 11.5 Å². The Kier molecular flexibility index (Phi) is 5.55. The molecule has 0 aliphatic carbocycles. The molecule has 0 bridgehead atoms. The van der Waals surface area contributed by atoms with Gasteiger partial charge in [0.2, 0.25) is 5.95 Å². The van der Waals surface area contributed by atoms with Gasteiger partial charge in [0.15, 0.2) is 11.5 Å². The Labute approximate surface area is 147 Å². The molecule has 3 rings (SSSR count). The number of methoxy groups -OCH3 is 2. The molecule has 7 nitrogen and oxygen atoms in total. The van der Waals surface area contributed by atoms with Crippen LogP contribution in [-0.4, -0.2) is 48.5 Å². The van der Waals surface area contributed by atoms with Gasteiger partial charge in [-0.3, -0.25) is 0 Å². The fourth-order valence-corrected chi connectivity index (χ4v) is 2.95. The third kappa shape index (κ3) is 4.30. The topological polar surface area (TPSA) is 79.7 Å². The average molecular weight is 344 g/mol. The minimum Gasteiger partial charge on any atom is -0.493 e. The second-order valence-corrected chi connectivity index (χ2v) is 6.02. The van der Waals surface area contributed by atoms with E-state index in [1.54, 1.807) is 20.4 Å². The Morgan fingerprint density at radius 3 is 2.84 bits per heavy atom. The molecule has 25 heavy (non-hydrogen) atoms. The van der Waals surface area contributed by atoms with Crippen molar-refractivity contribution in [3.63, 3.8) is 0 Å². The Morgan fingerprint density at radius 2 is 2.08 bits per heavy atom. The zero-order chi connectivity index (χ0) is 17.6. The van der Waals surface area contributed by atoms with E-state index in [4.69, 9.17) is 9.47 Å². The van der Waals surface area contributed by atoms with E-state index in [2.05, 4.69) is 20.2 Å². The standard InChI is InChI=1S/C18H24N4O3/c1-24-15-6-5-13(10-16(15)25-2)11-20-18-19-8-7-17(21-18)22-9-3-4-14(23)12-22/h5-8,10,14,23H,3-4,9,11-12H2,1-2H3,(H,19,20,21). The van der Waals surface area contributed by atoms with Gasteiger partial charge in [0.25, 0.3) is 0 Å². The fraction of sp³-hybridized carbons (Fsp3) is 0.444. The normalized spacial score (nSPS) is 17.2. The molecule has 1 aliphatic heterocycles. The van der Waals surface area contributed by atoms with Crippen molar-refractivity contribution < 1.29 is 14.6 Å². The molecule has 0 radical (unpaired) electrons. The lowest BCUT2D eigenvalue weighted by molar-refractivity contribution is 0.154. The summed E-state index contributed by atoms with van der Waals surface area (Å²) in [5, 5.41) is 13.1. The summed E-state index contributed by atoms with van der Waals surface area (Å²) in [6.45, 7) is 2.10. The van der Waals surface area contributed by atoms with E-state index in [0.717, 1.165) is 30.8 Å². The predicted molar refractivity (Wildman–Crippen MR) is 96.4 cm³/mol. The number of aliphatic hydroxyl groups is 1. The zero-order valence-electron chi connectivity index (χ0n) is 14.6. The maximum atomic E-state index is 9.83. The third-order valence-corrected chi connectivity index (χ3v) is 4.26. The van der Waals surface area contributed by atoms with Gasteiger partial charge in [0.1, 0.15) is 5.82 Å². The molecule has 0 saturated carbocycles. The van der Waals surface area contributed by atoms with Crippen LogP contribution < -0.4 is 19.7 Å². The van der Waals surface area contributed by atoms with Gasteiger partial charge in [-0.25, -0.2) is 4.98 Å². The van der Waals surface area contributed by atoms with Crippen molar-refractivity contribution in [2.45, 2.75) is 25.5 Å². The molecule has 1 fully saturated rings. The number of hydrogen-bond acceptors (Lipinski definition) is 7. The maximum Gasteiger partial charge on any atom is 0.224 e. The first-order valence-electron chi connectivity index (χ1n) is 8.40. The lowest BCUT2D eigenvalue weighted by atomic mass is 10.1. The Balaban J connectivity index is 1.66. The van der Waals surface area contributed by atoms with E-state index >= 15 is 0 Å². The summed E-state index contributed by atoms with van der Waals surface area (Å²) in [6, 6.07) is 7.65. The van der Waals surface area contributed by atoms with Crippen molar-refractivity contribution in [2.24, 2.45) is 0 Å². The van der Waals surface area contributed by atoms with E-state index in [1.807, 2.05) is 24.3 Å². The number of aromatic nitrogens is 2. The molecule has 1 unspecified atom stereocenters. The second kappa shape index (κ2) is 8.02. The molecular formula is C18H24N4O3. The van der Waals surface area contributed by atoms with Crippen molar-refractivity contribution in [1.82, 2.24) is 9.97 Å². The highest BCUT2D eigenvalue weighted by molar-refractivity contribution is 5.45. The molecular weight excluding hydrogens is 320 g/mol. The minimum atomic E-state index is -0.285. The van der Waals surface area contributed by atoms with Gasteiger partial charge in [-0.05, 0) is 36.6 Å². The van der Waals surface area contributed by atoms with E-state index in [0.29, 0.717) is 30.5 Å². The summed E-state index contributed by atoms with van der Waals surface area (Å²) in [5.41, 5.74) is 1.04. The first kappa shape index (κ1) is 17.3. The zero-order valence-corrected chi connectivity index (χ0v) is 14.6. The first-order valence-corrected chi connectivity index (χ1v) is 8.40. The quantitative estimate of drug-likeness (QED) is 0.830. The van der Waals surface area contributed by atoms with Crippen LogP contribution >= 0.6 is 0 Å². The molecule has 1 aliphatic rings. The van der Waals surface area contributed by atoms with Crippen LogP contribution in [0.5, 0.6) is 11.5 Å². The molecule has 1 aromatic carbocycles. The van der Waals surface area contributed by atoms with Crippen molar-refractivity contribution in [3.05, 3.63) is 36.0 Å². The smallest absolute Gasteiger partial charge is 0.224 e. The van der Waals surface area contributed by atoms with Crippen LogP contribution in [0.15, 0.2) is 30.5 Å². The summed E-state index contributed by atoms with van der Waals surface area (Å²) >= 11 is 0. The molecule has 1 atom stereocenters. The van der Waals surface area contributed by atoms with Gasteiger partial charge in [-0.2, -0.15) is 4.98 Å². The number of benzene rings is 1. The molecule has 134 valence electrons. The summed E-state index contributed by atoms with van der Waals surface area (Å²) in [5.74, 6) is 2.79. The minimum absolute atomic E-state index is 0.285. The predicted octanol–water partition coefficient (Wildman–Crippen LogP) is 2.07. The Hall–Kier alpha value is -2.54. The lowest BCUT2D eigenvalue weighted by Crippen LogP contribution is -2.38. The van der Waals surface area contributed by atoms with Crippen LogP contribution in [0.25, 0.3) is 0 Å². The number of nitrogens with zero attached hydrogens (tertiary/aromatic N) is 3. The van der Waals surface area contributed by atoms with E-state index in [1.165, 1.54) is 0 Å². The molecule has 0 amide bonds. The fourth-order valence-electron chi connectivity index (χ4n) is 2.95. The molecule has 0 spiro atoms. The summed E-state index contributed by atoms with van der Waals surface area (Å²) in [4.78, 5) is 10.9. The van der Waals surface area contributed by atoms with Gasteiger partial charge in [-0.15, -0.1) is 0 Å². The molecule has 7 heteroatoms. The van der Waals surface area contributed by atoms with Crippen LogP contribution in [0.2, 0.25) is 0 Å². The van der Waals surface area contributed by atoms with Gasteiger partial charge in [0, 0.05) is 25.8 Å². The van der Waals surface area contributed by atoms with Gasteiger partial charge >= 0.3 is 0 Å². The summed E-state index contributed by atoms with van der Waals surface area (Å²) < 4.78 is 10.6. The Morgan fingerprint density at radius 1 is 1.24 bits per heavy atom. The van der Waals surface area contributed by atoms with Crippen LogP contribution in [-0.2, 0) is 6.54 Å². The molecule has 2 N–H and O–H groups in total. The second-order valence-electron chi connectivity index (χ2n) is 6.02. The number of rotatable bonds is 6. The molecule has 2 aromatic rings. The highest BCUT2D eigenvalue weighted by Crippen LogP contribution is 2.27. The van der Waals surface area contributed by atoms with Crippen LogP contribution in [0.3, 0.4) is 0 Å². The molecule has 1 saturated heterocycles. The average Bonchev–Trinajstić information content (AvgIpc) is 2.66. The third-order valence-electron chi connectivity index (χ3n) is 4.26. The van der Waals surface area contributed by atoms with Crippen LogP contribution in [0.4, 0.5) is 11.8 Å². The van der Waals surface area contributed by atoms with Crippen LogP contribution in [0, 0.1) is 0 Å². The number of anilines is 2. The number of β-amino-alcohol motifs (C(OH)–C–C–N with tert-alkyl or cyclic N) is 1. The maximum absolute atomic E-state index is 9.83. The highest BCUT2D eigenvalue weighted by Gasteiger charge is 2.19. The first-order chi connectivity index (χ1) is 12.2. The highest BCUT2D eigenvalue weighted by atomic mass is 16.5. The van der Waals surface area contributed by atoms with Crippen molar-refractivity contribution in [1.29, 1.82) is 0 Å². The van der Waals surface area contributed by atoms with Crippen molar-refractivity contribution >= 4 is 11.8 Å². The lowest BCUT2D eigenvalue weighted by Gasteiger charge is -2.31. The number of hydrogen-bond donors (Lipinski definition) is 2. The largest absolute Gasteiger partial charge is 0.493 e. The molecule has 2 heterocycles. The summed E-state index contributed by atoms with van der Waals surface area (Å²) in [7, 11) is 3.24. The molecule has 1 aromatic heterocycles. The number of nitrogens with one attached hydrogen (secondary N) is 1. The van der Waals surface area contributed by atoms with Gasteiger partial charge < -0.3 is 24.8 Å².